The Hall–Kier alpha value is -5.56. The Morgan fingerprint density at radius 1 is 0.809 bits per heavy atom. The monoisotopic (exact) mass is 625 g/mol. The summed E-state index contributed by atoms with van der Waals surface area (Å²) < 4.78 is 19.6. The molecule has 1 N–H and O–H groups in total. The predicted octanol–water partition coefficient (Wildman–Crippen LogP) is 7.56. The second-order valence-corrected chi connectivity index (χ2v) is 11.4. The molecule has 0 aliphatic carbocycles. The number of aromatic nitrogens is 2. The number of carbonyl (C=O) groups excluding carboxylic acids is 1. The van der Waals surface area contributed by atoms with Gasteiger partial charge in [-0.1, -0.05) is 72.8 Å². The lowest BCUT2D eigenvalue weighted by molar-refractivity contribution is -0.121. The van der Waals surface area contributed by atoms with Crippen LogP contribution in [0, 0.1) is 0 Å². The maximum Gasteiger partial charge on any atom is 0.220 e. The van der Waals surface area contributed by atoms with E-state index in [-0.39, 0.29) is 18.2 Å². The highest BCUT2D eigenvalue weighted by Crippen LogP contribution is 2.39. The van der Waals surface area contributed by atoms with E-state index in [9.17, 15) is 4.79 Å². The zero-order chi connectivity index (χ0) is 32.4. The summed E-state index contributed by atoms with van der Waals surface area (Å²) in [6, 6.07) is 38.4. The second-order valence-electron chi connectivity index (χ2n) is 11.4. The molecular weight excluding hydrogens is 586 g/mol. The number of nitrogens with one attached hydrogen (secondary N) is 1. The Morgan fingerprint density at radius 2 is 1.60 bits per heavy atom. The number of amides is 1. The Bertz CT molecular complexity index is 1900. The summed E-state index contributed by atoms with van der Waals surface area (Å²) in [5.41, 5.74) is 6.32. The first-order valence-electron chi connectivity index (χ1n) is 15.8. The van der Waals surface area contributed by atoms with Gasteiger partial charge in [-0.3, -0.25) is 9.78 Å². The molecule has 0 saturated carbocycles. The third-order valence-corrected chi connectivity index (χ3v) is 8.35. The standard InChI is InChI=1S/C40H39N3O4/c1-45-33-18-15-29(16-19-33)26-43-27-36(34-13-6-7-14-37(34)43)35(25-40(44)42-23-21-32-12-8-9-22-41-32)31-17-20-38(46-2)39(24-31)47-28-30-10-4-3-5-11-30/h3-20,22,24,27,35H,21,23,25-26,28H2,1-2H3,(H,42,44). The lowest BCUT2D eigenvalue weighted by Gasteiger charge is -2.20. The number of ether oxygens (including phenoxy) is 3. The number of carbonyl (C=O) groups is 1. The van der Waals surface area contributed by atoms with Crippen LogP contribution < -0.4 is 19.5 Å². The van der Waals surface area contributed by atoms with Crippen LogP contribution in [0.25, 0.3) is 10.9 Å². The molecule has 2 heterocycles. The molecular formula is C40H39N3O4. The van der Waals surface area contributed by atoms with Crippen molar-refractivity contribution < 1.29 is 19.0 Å². The van der Waals surface area contributed by atoms with Crippen molar-refractivity contribution in [3.63, 3.8) is 0 Å². The zero-order valence-corrected chi connectivity index (χ0v) is 26.8. The number of rotatable bonds is 14. The molecule has 2 aromatic heterocycles. The summed E-state index contributed by atoms with van der Waals surface area (Å²) in [6.07, 6.45) is 4.90. The number of para-hydroxylation sites is 1. The molecule has 0 saturated heterocycles. The van der Waals surface area contributed by atoms with Gasteiger partial charge in [0.15, 0.2) is 11.5 Å². The van der Waals surface area contributed by atoms with E-state index in [1.165, 1.54) is 0 Å². The molecule has 0 fully saturated rings. The van der Waals surface area contributed by atoms with Crippen LogP contribution >= 0.6 is 0 Å². The van der Waals surface area contributed by atoms with Crippen LogP contribution in [-0.2, 0) is 24.4 Å². The van der Waals surface area contributed by atoms with Gasteiger partial charge in [0.25, 0.3) is 0 Å². The van der Waals surface area contributed by atoms with E-state index in [4.69, 9.17) is 14.2 Å². The van der Waals surface area contributed by atoms with Gasteiger partial charge in [-0.15, -0.1) is 0 Å². The van der Waals surface area contributed by atoms with Crippen LogP contribution in [0.3, 0.4) is 0 Å². The van der Waals surface area contributed by atoms with Crippen LogP contribution in [0.2, 0.25) is 0 Å². The van der Waals surface area contributed by atoms with Gasteiger partial charge >= 0.3 is 0 Å². The number of pyridine rings is 1. The number of fused-ring (bicyclic) bond motifs is 1. The average Bonchev–Trinajstić information content (AvgIpc) is 3.48. The third-order valence-electron chi connectivity index (χ3n) is 8.35. The SMILES string of the molecule is COc1ccc(Cn2cc(C(CC(=O)NCCc3ccccn3)c3ccc(OC)c(OCc4ccccc4)c3)c3ccccc32)cc1. The molecule has 238 valence electrons. The number of benzene rings is 4. The Kier molecular flexibility index (Phi) is 10.1. The Balaban J connectivity index is 1.34. The topological polar surface area (TPSA) is 74.6 Å². The summed E-state index contributed by atoms with van der Waals surface area (Å²) in [6.45, 7) is 1.60. The molecule has 0 spiro atoms. The van der Waals surface area contributed by atoms with Crippen LogP contribution in [0.15, 0.2) is 128 Å². The van der Waals surface area contributed by atoms with Crippen molar-refractivity contribution in [1.29, 1.82) is 0 Å². The number of hydrogen-bond donors (Lipinski definition) is 1. The van der Waals surface area contributed by atoms with E-state index in [1.807, 2.05) is 78.9 Å². The van der Waals surface area contributed by atoms with Gasteiger partial charge in [0.1, 0.15) is 12.4 Å². The Labute approximate surface area is 275 Å². The van der Waals surface area contributed by atoms with Gasteiger partial charge in [-0.05, 0) is 64.7 Å². The van der Waals surface area contributed by atoms with Crippen LogP contribution in [0.1, 0.15) is 40.3 Å². The van der Waals surface area contributed by atoms with Crippen LogP contribution in [0.5, 0.6) is 17.2 Å². The fraction of sp³-hybridized carbons (Fsp3) is 0.200. The molecule has 1 unspecified atom stereocenters. The van der Waals surface area contributed by atoms with E-state index in [2.05, 4.69) is 57.5 Å². The van der Waals surface area contributed by atoms with Crippen molar-refractivity contribution in [2.24, 2.45) is 0 Å². The van der Waals surface area contributed by atoms with Gasteiger partial charge in [-0.25, -0.2) is 0 Å². The number of nitrogens with zero attached hydrogens (tertiary/aromatic N) is 2. The molecule has 6 rings (SSSR count). The largest absolute Gasteiger partial charge is 0.497 e. The molecule has 1 atom stereocenters. The normalized spacial score (nSPS) is 11.6. The van der Waals surface area contributed by atoms with Gasteiger partial charge in [-0.2, -0.15) is 0 Å². The molecule has 0 aliphatic heterocycles. The van der Waals surface area contributed by atoms with Gasteiger partial charge in [0.05, 0.1) is 14.2 Å². The van der Waals surface area contributed by atoms with Crippen molar-refractivity contribution in [2.45, 2.75) is 31.9 Å². The maximum atomic E-state index is 13.6. The van der Waals surface area contributed by atoms with Crippen molar-refractivity contribution in [1.82, 2.24) is 14.9 Å². The van der Waals surface area contributed by atoms with Gasteiger partial charge in [0, 0.05) is 60.8 Å². The maximum absolute atomic E-state index is 13.6. The first-order chi connectivity index (χ1) is 23.1. The lowest BCUT2D eigenvalue weighted by atomic mass is 9.87. The molecule has 7 heteroatoms. The molecule has 6 aromatic rings. The van der Waals surface area contributed by atoms with Crippen LogP contribution in [0.4, 0.5) is 0 Å². The van der Waals surface area contributed by atoms with E-state index in [0.29, 0.717) is 37.6 Å². The smallest absolute Gasteiger partial charge is 0.220 e. The fourth-order valence-electron chi connectivity index (χ4n) is 5.91. The van der Waals surface area contributed by atoms with Crippen LogP contribution in [-0.4, -0.2) is 36.2 Å². The molecule has 0 bridgehead atoms. The number of hydrogen-bond acceptors (Lipinski definition) is 5. The predicted molar refractivity (Wildman–Crippen MR) is 185 cm³/mol. The molecule has 47 heavy (non-hydrogen) atoms. The van der Waals surface area contributed by atoms with Gasteiger partial charge in [0.2, 0.25) is 5.91 Å². The van der Waals surface area contributed by atoms with Gasteiger partial charge < -0.3 is 24.1 Å². The zero-order valence-electron chi connectivity index (χ0n) is 26.8. The summed E-state index contributed by atoms with van der Waals surface area (Å²) in [5.74, 6) is 1.84. The summed E-state index contributed by atoms with van der Waals surface area (Å²) in [7, 11) is 3.32. The highest BCUT2D eigenvalue weighted by atomic mass is 16.5. The fourth-order valence-corrected chi connectivity index (χ4v) is 5.91. The first-order valence-corrected chi connectivity index (χ1v) is 15.8. The summed E-state index contributed by atoms with van der Waals surface area (Å²) in [5, 5.41) is 4.24. The lowest BCUT2D eigenvalue weighted by Crippen LogP contribution is -2.27. The van der Waals surface area contributed by atoms with E-state index >= 15 is 0 Å². The van der Waals surface area contributed by atoms with E-state index in [0.717, 1.165) is 44.6 Å². The Morgan fingerprint density at radius 3 is 2.36 bits per heavy atom. The second kappa shape index (κ2) is 15.1. The average molecular weight is 626 g/mol. The number of methoxy groups -OCH3 is 2. The minimum Gasteiger partial charge on any atom is -0.497 e. The van der Waals surface area contributed by atoms with E-state index in [1.54, 1.807) is 20.4 Å². The third kappa shape index (κ3) is 7.82. The van der Waals surface area contributed by atoms with Crippen molar-refractivity contribution in [3.8, 4) is 17.2 Å². The highest BCUT2D eigenvalue weighted by molar-refractivity contribution is 5.87. The highest BCUT2D eigenvalue weighted by Gasteiger charge is 2.24. The summed E-state index contributed by atoms with van der Waals surface area (Å²) in [4.78, 5) is 18.0. The minimum atomic E-state index is -0.239. The molecule has 4 aromatic carbocycles. The molecule has 0 radical (unpaired) electrons. The molecule has 1 amide bonds. The quantitative estimate of drug-likeness (QED) is 0.135. The molecule has 7 nitrogen and oxygen atoms in total. The van der Waals surface area contributed by atoms with Crippen molar-refractivity contribution in [3.05, 3.63) is 156 Å². The van der Waals surface area contributed by atoms with E-state index < -0.39 is 0 Å². The van der Waals surface area contributed by atoms with Crippen molar-refractivity contribution >= 4 is 16.8 Å². The molecule has 0 aliphatic rings. The first kappa shape index (κ1) is 31.4. The van der Waals surface area contributed by atoms with Crippen molar-refractivity contribution in [2.75, 3.05) is 20.8 Å². The minimum absolute atomic E-state index is 0.0273. The summed E-state index contributed by atoms with van der Waals surface area (Å²) >= 11 is 0.